The Hall–Kier alpha value is -2.10. The average Bonchev–Trinajstić information content (AvgIpc) is 2.74. The first-order valence-corrected chi connectivity index (χ1v) is 11.9. The monoisotopic (exact) mass is 427 g/mol. The van der Waals surface area contributed by atoms with Crippen molar-refractivity contribution in [2.75, 3.05) is 13.2 Å². The molecule has 0 N–H and O–H groups in total. The summed E-state index contributed by atoms with van der Waals surface area (Å²) in [6.45, 7) is 15.4. The SMILES string of the molecule is CCCCCC(C)c1nc(CC2=C(C)C=C(OCC(=O)OCC)C(C)C2C)ccc1C. The van der Waals surface area contributed by atoms with Gasteiger partial charge in [0.15, 0.2) is 6.61 Å². The number of esters is 1. The van der Waals surface area contributed by atoms with Crippen molar-refractivity contribution in [3.63, 3.8) is 0 Å². The third-order valence-electron chi connectivity index (χ3n) is 6.55. The molecule has 4 heteroatoms. The first kappa shape index (κ1) is 25.2. The fraction of sp³-hybridized carbons (Fsp3) is 0.630. The highest BCUT2D eigenvalue weighted by Crippen LogP contribution is 2.36. The van der Waals surface area contributed by atoms with Crippen LogP contribution in [-0.2, 0) is 20.7 Å². The van der Waals surface area contributed by atoms with E-state index < -0.39 is 0 Å². The van der Waals surface area contributed by atoms with Gasteiger partial charge >= 0.3 is 5.97 Å². The molecule has 1 aliphatic rings. The third-order valence-corrected chi connectivity index (χ3v) is 6.55. The molecule has 31 heavy (non-hydrogen) atoms. The van der Waals surface area contributed by atoms with Crippen LogP contribution in [0.1, 0.15) is 90.1 Å². The van der Waals surface area contributed by atoms with E-state index in [9.17, 15) is 4.79 Å². The zero-order valence-electron chi connectivity index (χ0n) is 20.6. The van der Waals surface area contributed by atoms with Crippen molar-refractivity contribution in [3.8, 4) is 0 Å². The van der Waals surface area contributed by atoms with Crippen molar-refractivity contribution < 1.29 is 14.3 Å². The Labute approximate surface area is 189 Å². The van der Waals surface area contributed by atoms with Crippen LogP contribution < -0.4 is 0 Å². The van der Waals surface area contributed by atoms with E-state index >= 15 is 0 Å². The normalized spacial score (nSPS) is 19.8. The molecule has 172 valence electrons. The minimum absolute atomic E-state index is 0.0296. The second-order valence-corrected chi connectivity index (χ2v) is 9.00. The number of hydrogen-bond acceptors (Lipinski definition) is 4. The summed E-state index contributed by atoms with van der Waals surface area (Å²) in [4.78, 5) is 16.8. The Balaban J connectivity index is 2.16. The molecule has 0 aromatic carbocycles. The number of pyridine rings is 1. The van der Waals surface area contributed by atoms with Gasteiger partial charge in [0.25, 0.3) is 0 Å². The number of allylic oxidation sites excluding steroid dienone is 4. The summed E-state index contributed by atoms with van der Waals surface area (Å²) in [5, 5.41) is 0. The van der Waals surface area contributed by atoms with Crippen LogP contribution in [0.25, 0.3) is 0 Å². The lowest BCUT2D eigenvalue weighted by atomic mass is 9.78. The van der Waals surface area contributed by atoms with Gasteiger partial charge in [0.2, 0.25) is 0 Å². The van der Waals surface area contributed by atoms with Crippen LogP contribution in [0.4, 0.5) is 0 Å². The highest BCUT2D eigenvalue weighted by molar-refractivity contribution is 5.70. The summed E-state index contributed by atoms with van der Waals surface area (Å²) in [6.07, 6.45) is 7.94. The molecule has 0 saturated carbocycles. The van der Waals surface area contributed by atoms with Crippen LogP contribution in [-0.4, -0.2) is 24.2 Å². The summed E-state index contributed by atoms with van der Waals surface area (Å²) >= 11 is 0. The number of aryl methyl sites for hydroxylation is 1. The molecular weight excluding hydrogens is 386 g/mol. The number of carbonyl (C=O) groups is 1. The number of unbranched alkanes of at least 4 members (excludes halogenated alkanes) is 2. The van der Waals surface area contributed by atoms with E-state index in [0.29, 0.717) is 18.4 Å². The molecule has 3 atom stereocenters. The van der Waals surface area contributed by atoms with Gasteiger partial charge in [-0.3, -0.25) is 4.98 Å². The quantitative estimate of drug-likeness (QED) is 0.292. The van der Waals surface area contributed by atoms with Crippen LogP contribution in [0.15, 0.2) is 35.1 Å². The van der Waals surface area contributed by atoms with Gasteiger partial charge in [0, 0.05) is 23.7 Å². The van der Waals surface area contributed by atoms with Gasteiger partial charge in [-0.1, -0.05) is 58.6 Å². The maximum atomic E-state index is 11.7. The van der Waals surface area contributed by atoms with Gasteiger partial charge in [-0.25, -0.2) is 4.79 Å². The summed E-state index contributed by atoms with van der Waals surface area (Å²) in [5.74, 6) is 1.58. The van der Waals surface area contributed by atoms with Crippen LogP contribution in [0, 0.1) is 18.8 Å². The molecule has 0 radical (unpaired) electrons. The summed E-state index contributed by atoms with van der Waals surface area (Å²) in [6, 6.07) is 4.40. The van der Waals surface area contributed by atoms with E-state index in [0.717, 1.165) is 17.9 Å². The van der Waals surface area contributed by atoms with Crippen molar-refractivity contribution in [2.45, 2.75) is 86.5 Å². The number of carbonyl (C=O) groups excluding carboxylic acids is 1. The highest BCUT2D eigenvalue weighted by atomic mass is 16.6. The van der Waals surface area contributed by atoms with Gasteiger partial charge in [-0.15, -0.1) is 0 Å². The number of ether oxygens (including phenoxy) is 2. The van der Waals surface area contributed by atoms with E-state index in [1.54, 1.807) is 6.92 Å². The van der Waals surface area contributed by atoms with Gasteiger partial charge < -0.3 is 9.47 Å². The van der Waals surface area contributed by atoms with E-state index in [2.05, 4.69) is 59.8 Å². The van der Waals surface area contributed by atoms with Gasteiger partial charge in [0.1, 0.15) is 5.76 Å². The number of nitrogens with zero attached hydrogens (tertiary/aromatic N) is 1. The van der Waals surface area contributed by atoms with Crippen LogP contribution in [0.5, 0.6) is 0 Å². The first-order chi connectivity index (χ1) is 14.8. The maximum Gasteiger partial charge on any atom is 0.344 e. The summed E-state index contributed by atoms with van der Waals surface area (Å²) < 4.78 is 10.8. The van der Waals surface area contributed by atoms with E-state index in [1.165, 1.54) is 48.1 Å². The molecule has 3 unspecified atom stereocenters. The molecule has 1 aromatic heterocycles. The molecule has 1 heterocycles. The van der Waals surface area contributed by atoms with E-state index in [1.807, 2.05) is 0 Å². The Morgan fingerprint density at radius 3 is 2.55 bits per heavy atom. The lowest BCUT2D eigenvalue weighted by molar-refractivity contribution is -0.147. The fourth-order valence-electron chi connectivity index (χ4n) is 4.38. The minimum atomic E-state index is -0.319. The summed E-state index contributed by atoms with van der Waals surface area (Å²) in [5.41, 5.74) is 6.29. The Kier molecular flexibility index (Phi) is 9.80. The predicted molar refractivity (Wildman–Crippen MR) is 127 cm³/mol. The molecule has 4 nitrogen and oxygen atoms in total. The van der Waals surface area contributed by atoms with E-state index in [-0.39, 0.29) is 18.5 Å². The zero-order chi connectivity index (χ0) is 23.0. The molecule has 1 aromatic rings. The molecule has 0 saturated heterocycles. The minimum Gasteiger partial charge on any atom is -0.486 e. The Morgan fingerprint density at radius 2 is 1.87 bits per heavy atom. The third kappa shape index (κ3) is 6.95. The topological polar surface area (TPSA) is 48.4 Å². The van der Waals surface area contributed by atoms with Crippen molar-refractivity contribution in [1.29, 1.82) is 0 Å². The summed E-state index contributed by atoms with van der Waals surface area (Å²) in [7, 11) is 0. The Morgan fingerprint density at radius 1 is 1.13 bits per heavy atom. The molecule has 0 amide bonds. The molecule has 0 aliphatic heterocycles. The van der Waals surface area contributed by atoms with E-state index in [4.69, 9.17) is 14.5 Å². The van der Waals surface area contributed by atoms with Gasteiger partial charge in [-0.05, 0) is 62.3 Å². The van der Waals surface area contributed by atoms with Crippen molar-refractivity contribution >= 4 is 5.97 Å². The van der Waals surface area contributed by atoms with Crippen molar-refractivity contribution in [2.24, 2.45) is 11.8 Å². The number of hydrogen-bond donors (Lipinski definition) is 0. The molecule has 1 aliphatic carbocycles. The first-order valence-electron chi connectivity index (χ1n) is 11.9. The lowest BCUT2D eigenvalue weighted by Gasteiger charge is -2.31. The molecular formula is C27H41NO3. The highest BCUT2D eigenvalue weighted by Gasteiger charge is 2.28. The van der Waals surface area contributed by atoms with Gasteiger partial charge in [-0.2, -0.15) is 0 Å². The number of aromatic nitrogens is 1. The Bertz CT molecular complexity index is 809. The van der Waals surface area contributed by atoms with Crippen molar-refractivity contribution in [3.05, 3.63) is 52.1 Å². The van der Waals surface area contributed by atoms with Crippen LogP contribution in [0.3, 0.4) is 0 Å². The fourth-order valence-corrected chi connectivity index (χ4v) is 4.38. The van der Waals surface area contributed by atoms with Crippen LogP contribution in [0.2, 0.25) is 0 Å². The lowest BCUT2D eigenvalue weighted by Crippen LogP contribution is -2.23. The van der Waals surface area contributed by atoms with Gasteiger partial charge in [0.05, 0.1) is 6.61 Å². The molecule has 0 bridgehead atoms. The van der Waals surface area contributed by atoms with Crippen molar-refractivity contribution in [1.82, 2.24) is 4.98 Å². The average molecular weight is 428 g/mol. The van der Waals surface area contributed by atoms with Crippen LogP contribution >= 0.6 is 0 Å². The smallest absolute Gasteiger partial charge is 0.344 e. The molecule has 0 fully saturated rings. The second-order valence-electron chi connectivity index (χ2n) is 9.00. The largest absolute Gasteiger partial charge is 0.486 e. The number of rotatable bonds is 11. The standard InChI is InChI=1S/C27H41NO3/c1-8-10-11-12-18(3)27-19(4)13-14-23(28-27)16-24-20(5)15-25(22(7)21(24)6)31-17-26(29)30-9-2/h13-15,18,21-22H,8-12,16-17H2,1-7H3. The predicted octanol–water partition coefficient (Wildman–Crippen LogP) is 6.68. The maximum absolute atomic E-state index is 11.7. The molecule has 2 rings (SSSR count). The second kappa shape index (κ2) is 12.1. The molecule has 0 spiro atoms. The zero-order valence-corrected chi connectivity index (χ0v) is 20.6.